The average molecular weight is 547 g/mol. The van der Waals surface area contributed by atoms with Gasteiger partial charge < -0.3 is 30.2 Å². The van der Waals surface area contributed by atoms with Gasteiger partial charge in [-0.2, -0.15) is 4.98 Å². The van der Waals surface area contributed by atoms with Gasteiger partial charge in [-0.15, -0.1) is 0 Å². The maximum Gasteiger partial charge on any atom is 0.248 e. The molecule has 0 spiro atoms. The topological polar surface area (TPSA) is 108 Å². The number of rotatable bonds is 10. The molecule has 196 valence electrons. The van der Waals surface area contributed by atoms with E-state index in [0.717, 1.165) is 6.07 Å². The van der Waals surface area contributed by atoms with Crippen LogP contribution in [0.2, 0.25) is 5.02 Å². The van der Waals surface area contributed by atoms with E-state index in [0.29, 0.717) is 23.2 Å². The lowest BCUT2D eigenvalue weighted by molar-refractivity contribution is -0.111. The highest BCUT2D eigenvalue weighted by atomic mass is 35.5. The Morgan fingerprint density at radius 3 is 2.57 bits per heavy atom. The van der Waals surface area contributed by atoms with Crippen LogP contribution in [0, 0.1) is 5.82 Å². The highest BCUT2D eigenvalue weighted by Gasteiger charge is 2.18. The van der Waals surface area contributed by atoms with Gasteiger partial charge in [0.1, 0.15) is 17.9 Å². The van der Waals surface area contributed by atoms with Crippen molar-refractivity contribution in [3.8, 4) is 5.75 Å². The monoisotopic (exact) mass is 546 g/mol. The summed E-state index contributed by atoms with van der Waals surface area (Å²) in [4.78, 5) is 22.7. The van der Waals surface area contributed by atoms with Gasteiger partial charge in [-0.25, -0.2) is 9.37 Å². The van der Waals surface area contributed by atoms with Crippen LogP contribution in [0.3, 0.4) is 0 Å². The molecule has 0 atom stereocenters. The molecule has 1 aromatic heterocycles. The van der Waals surface area contributed by atoms with Crippen LogP contribution >= 0.6 is 18.7 Å². The number of para-hydroxylation sites is 1. The zero-order valence-corrected chi connectivity index (χ0v) is 22.8. The number of ether oxygens (including phenoxy) is 1. The molecule has 0 unspecified atom stereocenters. The molecule has 0 aliphatic carbocycles. The van der Waals surface area contributed by atoms with Crippen molar-refractivity contribution in [2.24, 2.45) is 0 Å². The van der Waals surface area contributed by atoms with Crippen molar-refractivity contribution >= 4 is 58.8 Å². The number of hydrogen-bond acceptors (Lipinski definition) is 8. The molecule has 0 saturated heterocycles. The molecule has 0 aliphatic heterocycles. The SMILES string of the molecule is COc1cc(F)c(NC(=O)C=CCN(C)C)cc1Nc1ncc(Cl)c(Nc2ccccc2P(C)(C)=O)n1. The van der Waals surface area contributed by atoms with E-state index in [-0.39, 0.29) is 28.2 Å². The van der Waals surface area contributed by atoms with Crippen molar-refractivity contribution in [1.82, 2.24) is 14.9 Å². The number of anilines is 5. The number of methoxy groups -OCH3 is 1. The number of carbonyl (C=O) groups excluding carboxylic acids is 1. The first-order valence-corrected chi connectivity index (χ1v) is 14.2. The molecule has 12 heteroatoms. The van der Waals surface area contributed by atoms with Gasteiger partial charge >= 0.3 is 0 Å². The van der Waals surface area contributed by atoms with Crippen molar-refractivity contribution in [2.75, 3.05) is 57.0 Å². The third-order valence-corrected chi connectivity index (χ3v) is 6.84. The minimum atomic E-state index is -2.58. The summed E-state index contributed by atoms with van der Waals surface area (Å²) in [6.45, 7) is 3.92. The molecule has 0 bridgehead atoms. The molecule has 0 radical (unpaired) electrons. The van der Waals surface area contributed by atoms with Gasteiger partial charge in [0.2, 0.25) is 11.9 Å². The summed E-state index contributed by atoms with van der Waals surface area (Å²) in [6.07, 6.45) is 4.40. The molecule has 3 rings (SSSR count). The van der Waals surface area contributed by atoms with Crippen LogP contribution in [0.5, 0.6) is 5.75 Å². The molecule has 9 nitrogen and oxygen atoms in total. The average Bonchev–Trinajstić information content (AvgIpc) is 2.82. The second kappa shape index (κ2) is 12.2. The van der Waals surface area contributed by atoms with E-state index in [1.165, 1.54) is 25.4 Å². The number of halogens is 2. The van der Waals surface area contributed by atoms with Crippen LogP contribution in [-0.2, 0) is 9.36 Å². The Balaban J connectivity index is 1.88. The number of likely N-dealkylation sites (N-methyl/N-ethyl adjacent to an activating group) is 1. The second-order valence-electron chi connectivity index (χ2n) is 8.69. The third kappa shape index (κ3) is 7.76. The van der Waals surface area contributed by atoms with Crippen LogP contribution < -0.4 is 26.0 Å². The molecule has 3 aromatic rings. The normalized spacial score (nSPS) is 11.6. The van der Waals surface area contributed by atoms with Crippen LogP contribution in [0.1, 0.15) is 0 Å². The van der Waals surface area contributed by atoms with Gasteiger partial charge in [-0.05, 0) is 45.6 Å². The fourth-order valence-electron chi connectivity index (χ4n) is 3.27. The van der Waals surface area contributed by atoms with E-state index < -0.39 is 18.9 Å². The Hall–Kier alpha value is -3.46. The lowest BCUT2D eigenvalue weighted by Crippen LogP contribution is -2.13. The first-order chi connectivity index (χ1) is 17.5. The third-order valence-electron chi connectivity index (χ3n) is 5.01. The molecule has 37 heavy (non-hydrogen) atoms. The number of nitrogens with zero attached hydrogens (tertiary/aromatic N) is 3. The molecule has 0 aliphatic rings. The Labute approximate surface area is 220 Å². The Kier molecular flexibility index (Phi) is 9.26. The van der Waals surface area contributed by atoms with Gasteiger partial charge in [0.05, 0.1) is 30.4 Å². The maximum atomic E-state index is 14.6. The smallest absolute Gasteiger partial charge is 0.248 e. The molecule has 2 aromatic carbocycles. The molecule has 3 N–H and O–H groups in total. The summed E-state index contributed by atoms with van der Waals surface area (Å²) >= 11 is 6.32. The fourth-order valence-corrected chi connectivity index (χ4v) is 4.57. The molecule has 0 saturated carbocycles. The summed E-state index contributed by atoms with van der Waals surface area (Å²) in [7, 11) is 2.55. The number of aromatic nitrogens is 2. The fraction of sp³-hybridized carbons (Fsp3) is 0.240. The molecule has 1 heterocycles. The summed E-state index contributed by atoms with van der Waals surface area (Å²) in [6, 6.07) is 9.72. The van der Waals surface area contributed by atoms with E-state index in [9.17, 15) is 13.8 Å². The van der Waals surface area contributed by atoms with Crippen molar-refractivity contribution < 1.29 is 18.5 Å². The highest BCUT2D eigenvalue weighted by Crippen LogP contribution is 2.39. The number of carbonyl (C=O) groups is 1. The number of amides is 1. The lowest BCUT2D eigenvalue weighted by Gasteiger charge is -2.16. The zero-order chi connectivity index (χ0) is 27.2. The first kappa shape index (κ1) is 28.1. The van der Waals surface area contributed by atoms with E-state index in [4.69, 9.17) is 16.3 Å². The van der Waals surface area contributed by atoms with E-state index in [1.54, 1.807) is 31.5 Å². The molecule has 0 fully saturated rings. The minimum Gasteiger partial charge on any atom is -0.494 e. The van der Waals surface area contributed by atoms with Crippen LogP contribution in [0.25, 0.3) is 0 Å². The summed E-state index contributed by atoms with van der Waals surface area (Å²) in [5.74, 6) is -0.561. The predicted molar refractivity (Wildman–Crippen MR) is 148 cm³/mol. The van der Waals surface area contributed by atoms with Crippen LogP contribution in [-0.4, -0.2) is 61.9 Å². The Morgan fingerprint density at radius 1 is 1.16 bits per heavy atom. The van der Waals surface area contributed by atoms with Crippen LogP contribution in [0.4, 0.5) is 33.2 Å². The van der Waals surface area contributed by atoms with Crippen molar-refractivity contribution in [3.63, 3.8) is 0 Å². The minimum absolute atomic E-state index is 0.0503. The number of benzene rings is 2. The standard InChI is InChI=1S/C25H29ClFN6O3P/c1-33(2)12-8-11-23(34)29-19-14-20(21(36-3)13-17(19)27)31-25-28-15-16(26)24(32-25)30-18-9-6-7-10-22(18)37(4,5)35/h6-11,13-15H,12H2,1-5H3,(H,29,34)(H2,28,30,31,32). The molecular formula is C25H29ClFN6O3P. The number of nitrogens with one attached hydrogen (secondary N) is 3. The van der Waals surface area contributed by atoms with Gasteiger partial charge in [0, 0.05) is 24.0 Å². The van der Waals surface area contributed by atoms with Gasteiger partial charge in [0.15, 0.2) is 11.6 Å². The van der Waals surface area contributed by atoms with Crippen LogP contribution in [0.15, 0.2) is 54.7 Å². The van der Waals surface area contributed by atoms with Gasteiger partial charge in [0.25, 0.3) is 0 Å². The number of hydrogen-bond donors (Lipinski definition) is 3. The first-order valence-electron chi connectivity index (χ1n) is 11.2. The lowest BCUT2D eigenvalue weighted by atomic mass is 10.2. The summed E-state index contributed by atoms with van der Waals surface area (Å²) in [5, 5.41) is 9.51. The maximum absolute atomic E-state index is 14.6. The van der Waals surface area contributed by atoms with E-state index in [2.05, 4.69) is 25.9 Å². The van der Waals surface area contributed by atoms with Crippen molar-refractivity contribution in [3.05, 3.63) is 65.6 Å². The largest absolute Gasteiger partial charge is 0.494 e. The Morgan fingerprint density at radius 2 is 1.89 bits per heavy atom. The summed E-state index contributed by atoms with van der Waals surface area (Å²) < 4.78 is 32.6. The molecule has 1 amide bonds. The Bertz CT molecular complexity index is 1360. The summed E-state index contributed by atoms with van der Waals surface area (Å²) in [5.41, 5.74) is 0.872. The van der Waals surface area contributed by atoms with E-state index >= 15 is 0 Å². The second-order valence-corrected chi connectivity index (χ2v) is 12.3. The predicted octanol–water partition coefficient (Wildman–Crippen LogP) is 5.07. The van der Waals surface area contributed by atoms with Gasteiger partial charge in [-0.3, -0.25) is 4.79 Å². The van der Waals surface area contributed by atoms with Crippen molar-refractivity contribution in [1.29, 1.82) is 0 Å². The zero-order valence-electron chi connectivity index (χ0n) is 21.2. The van der Waals surface area contributed by atoms with Crippen molar-refractivity contribution in [2.45, 2.75) is 0 Å². The van der Waals surface area contributed by atoms with Gasteiger partial charge in [-0.1, -0.05) is 29.8 Å². The quantitative estimate of drug-likeness (QED) is 0.239. The van der Waals surface area contributed by atoms with E-state index in [1.807, 2.05) is 31.1 Å². The highest BCUT2D eigenvalue weighted by molar-refractivity contribution is 7.70. The molecular weight excluding hydrogens is 518 g/mol.